The van der Waals surface area contributed by atoms with E-state index < -0.39 is 15.4 Å². The Balaban J connectivity index is 2.13. The zero-order valence-corrected chi connectivity index (χ0v) is 15.3. The van der Waals surface area contributed by atoms with Gasteiger partial charge in [-0.25, -0.2) is 8.42 Å². The fourth-order valence-corrected chi connectivity index (χ4v) is 3.13. The number of fused-ring (bicyclic) bond motifs is 1. The third-order valence-electron chi connectivity index (χ3n) is 3.50. The Kier molecular flexibility index (Phi) is 5.27. The van der Waals surface area contributed by atoms with Crippen molar-refractivity contribution in [1.82, 2.24) is 5.32 Å². The first-order valence-corrected chi connectivity index (χ1v) is 9.59. The molecule has 0 saturated carbocycles. The maximum atomic E-state index is 12.1. The van der Waals surface area contributed by atoms with Gasteiger partial charge in [-0.3, -0.25) is 9.10 Å². The topological polar surface area (TPSA) is 84.9 Å². The minimum Gasteiger partial charge on any atom is -0.486 e. The van der Waals surface area contributed by atoms with Gasteiger partial charge >= 0.3 is 0 Å². The van der Waals surface area contributed by atoms with Crippen LogP contribution in [-0.2, 0) is 14.8 Å². The molecule has 0 spiro atoms. The van der Waals surface area contributed by atoms with Gasteiger partial charge in [-0.15, -0.1) is 0 Å². The van der Waals surface area contributed by atoms with Crippen LogP contribution in [0.25, 0.3) is 0 Å². The van der Waals surface area contributed by atoms with Crippen LogP contribution in [0.1, 0.15) is 20.8 Å². The molecule has 2 rings (SSSR count). The number of hydrogen-bond acceptors (Lipinski definition) is 5. The first-order valence-electron chi connectivity index (χ1n) is 7.75. The molecule has 0 aromatic heterocycles. The molecular formula is C16H24N2O5S. The molecule has 0 bridgehead atoms. The standard InChI is InChI=1S/C16H24N2O5S/c1-16(2,3)15(19)17-7-8-18(24(4,20)21)12-5-6-13-14(11-12)23-10-9-22-13/h5-6,11H,7-10H2,1-4H3,(H,17,19). The number of nitrogens with one attached hydrogen (secondary N) is 1. The lowest BCUT2D eigenvalue weighted by Gasteiger charge is -2.26. The number of benzene rings is 1. The summed E-state index contributed by atoms with van der Waals surface area (Å²) in [5.41, 5.74) is -0.0424. The Morgan fingerprint density at radius 1 is 1.21 bits per heavy atom. The molecule has 0 unspecified atom stereocenters. The molecule has 1 aromatic carbocycles. The molecule has 1 aromatic rings. The molecule has 134 valence electrons. The van der Waals surface area contributed by atoms with E-state index in [9.17, 15) is 13.2 Å². The van der Waals surface area contributed by atoms with Gasteiger partial charge in [0.1, 0.15) is 13.2 Å². The highest BCUT2D eigenvalue weighted by Gasteiger charge is 2.23. The van der Waals surface area contributed by atoms with Gasteiger partial charge in [0.05, 0.1) is 18.5 Å². The van der Waals surface area contributed by atoms with Crippen LogP contribution in [0.15, 0.2) is 18.2 Å². The SMILES string of the molecule is CC(C)(C)C(=O)NCCN(c1ccc2c(c1)OCCO2)S(C)(=O)=O. The highest BCUT2D eigenvalue weighted by molar-refractivity contribution is 7.92. The minimum atomic E-state index is -3.49. The Morgan fingerprint density at radius 3 is 2.42 bits per heavy atom. The van der Waals surface area contributed by atoms with Crippen molar-refractivity contribution < 1.29 is 22.7 Å². The molecule has 24 heavy (non-hydrogen) atoms. The third-order valence-corrected chi connectivity index (χ3v) is 4.69. The van der Waals surface area contributed by atoms with Crippen LogP contribution in [0.2, 0.25) is 0 Å². The summed E-state index contributed by atoms with van der Waals surface area (Å²) in [6, 6.07) is 5.00. The smallest absolute Gasteiger partial charge is 0.232 e. The molecule has 1 N–H and O–H groups in total. The lowest BCUT2D eigenvalue weighted by Crippen LogP contribution is -2.41. The molecule has 8 heteroatoms. The van der Waals surface area contributed by atoms with Gasteiger partial charge in [0.2, 0.25) is 15.9 Å². The summed E-state index contributed by atoms with van der Waals surface area (Å²) < 4.78 is 36.4. The average Bonchev–Trinajstić information content (AvgIpc) is 2.48. The fourth-order valence-electron chi connectivity index (χ4n) is 2.21. The highest BCUT2D eigenvalue weighted by Crippen LogP contribution is 2.34. The zero-order chi connectivity index (χ0) is 18.0. The van der Waals surface area contributed by atoms with Crippen molar-refractivity contribution in [3.05, 3.63) is 18.2 Å². The van der Waals surface area contributed by atoms with E-state index in [2.05, 4.69) is 5.32 Å². The summed E-state index contributed by atoms with van der Waals surface area (Å²) >= 11 is 0. The second-order valence-corrected chi connectivity index (χ2v) is 8.58. The van der Waals surface area contributed by atoms with Crippen molar-refractivity contribution >= 4 is 21.6 Å². The summed E-state index contributed by atoms with van der Waals surface area (Å²) in [5, 5.41) is 2.76. The second kappa shape index (κ2) is 6.88. The van der Waals surface area contributed by atoms with Crippen LogP contribution < -0.4 is 19.1 Å². The second-order valence-electron chi connectivity index (χ2n) is 6.67. The maximum Gasteiger partial charge on any atom is 0.232 e. The van der Waals surface area contributed by atoms with Gasteiger partial charge in [-0.1, -0.05) is 20.8 Å². The Bertz CT molecular complexity index is 710. The van der Waals surface area contributed by atoms with E-state index in [1.165, 1.54) is 4.31 Å². The quantitative estimate of drug-likeness (QED) is 0.862. The molecule has 1 heterocycles. The van der Waals surface area contributed by atoms with Crippen molar-refractivity contribution in [3.8, 4) is 11.5 Å². The molecule has 0 saturated heterocycles. The predicted octanol–water partition coefficient (Wildman–Crippen LogP) is 1.39. The number of carbonyl (C=O) groups excluding carboxylic acids is 1. The van der Waals surface area contributed by atoms with Gasteiger partial charge in [-0.2, -0.15) is 0 Å². The number of ether oxygens (including phenoxy) is 2. The maximum absolute atomic E-state index is 12.1. The summed E-state index contributed by atoms with van der Waals surface area (Å²) in [6.45, 7) is 6.67. The molecule has 7 nitrogen and oxygen atoms in total. The number of rotatable bonds is 5. The van der Waals surface area contributed by atoms with Gasteiger partial charge < -0.3 is 14.8 Å². The van der Waals surface area contributed by atoms with Gasteiger partial charge in [0.25, 0.3) is 0 Å². The lowest BCUT2D eigenvalue weighted by molar-refractivity contribution is -0.128. The molecule has 0 fully saturated rings. The minimum absolute atomic E-state index is 0.127. The predicted molar refractivity (Wildman–Crippen MR) is 92.1 cm³/mol. The molecule has 0 aliphatic carbocycles. The van der Waals surface area contributed by atoms with Gasteiger partial charge in [0, 0.05) is 18.0 Å². The highest BCUT2D eigenvalue weighted by atomic mass is 32.2. The molecule has 0 atom stereocenters. The van der Waals surface area contributed by atoms with Gasteiger partial charge in [-0.05, 0) is 12.1 Å². The first kappa shape index (κ1) is 18.4. The van der Waals surface area contributed by atoms with Crippen LogP contribution in [-0.4, -0.2) is 46.9 Å². The average molecular weight is 356 g/mol. The van der Waals surface area contributed by atoms with Crippen LogP contribution in [0, 0.1) is 5.41 Å². The Hall–Kier alpha value is -1.96. The van der Waals surface area contributed by atoms with E-state index in [4.69, 9.17) is 9.47 Å². The van der Waals surface area contributed by atoms with Crippen LogP contribution >= 0.6 is 0 Å². The number of amides is 1. The lowest BCUT2D eigenvalue weighted by atomic mass is 9.96. The van der Waals surface area contributed by atoms with Crippen molar-refractivity contribution in [2.24, 2.45) is 5.41 Å². The molecule has 1 amide bonds. The summed E-state index contributed by atoms with van der Waals surface area (Å²) in [4.78, 5) is 11.9. The monoisotopic (exact) mass is 356 g/mol. The molecule has 1 aliphatic rings. The third kappa shape index (κ3) is 4.53. The summed E-state index contributed by atoms with van der Waals surface area (Å²) in [7, 11) is -3.49. The van der Waals surface area contributed by atoms with E-state index in [1.54, 1.807) is 39.0 Å². The first-order chi connectivity index (χ1) is 11.1. The fraction of sp³-hybridized carbons (Fsp3) is 0.562. The van der Waals surface area contributed by atoms with Crippen molar-refractivity contribution in [3.63, 3.8) is 0 Å². The number of carbonyl (C=O) groups is 1. The number of hydrogen-bond donors (Lipinski definition) is 1. The van der Waals surface area contributed by atoms with Crippen molar-refractivity contribution in [2.75, 3.05) is 36.9 Å². The van der Waals surface area contributed by atoms with E-state index >= 15 is 0 Å². The Labute approximate surface area is 143 Å². The summed E-state index contributed by atoms with van der Waals surface area (Å²) in [5.74, 6) is 0.990. The van der Waals surface area contributed by atoms with Crippen LogP contribution in [0.3, 0.4) is 0 Å². The van der Waals surface area contributed by atoms with Crippen molar-refractivity contribution in [1.29, 1.82) is 0 Å². The number of anilines is 1. The van der Waals surface area contributed by atoms with Crippen LogP contribution in [0.5, 0.6) is 11.5 Å². The molecule has 0 radical (unpaired) electrons. The van der Waals surface area contributed by atoms with E-state index in [0.717, 1.165) is 6.26 Å². The molecule has 1 aliphatic heterocycles. The Morgan fingerprint density at radius 2 is 1.83 bits per heavy atom. The summed E-state index contributed by atoms with van der Waals surface area (Å²) in [6.07, 6.45) is 1.13. The largest absolute Gasteiger partial charge is 0.486 e. The number of sulfonamides is 1. The van der Waals surface area contributed by atoms with Crippen LogP contribution in [0.4, 0.5) is 5.69 Å². The number of nitrogens with zero attached hydrogens (tertiary/aromatic N) is 1. The van der Waals surface area contributed by atoms with E-state index in [0.29, 0.717) is 30.4 Å². The molecular weight excluding hydrogens is 332 g/mol. The van der Waals surface area contributed by atoms with E-state index in [1.807, 2.05) is 0 Å². The normalized spacial score (nSPS) is 14.2. The zero-order valence-electron chi connectivity index (χ0n) is 14.5. The van der Waals surface area contributed by atoms with Crippen molar-refractivity contribution in [2.45, 2.75) is 20.8 Å². The van der Waals surface area contributed by atoms with E-state index in [-0.39, 0.29) is 19.0 Å². The van der Waals surface area contributed by atoms with Gasteiger partial charge in [0.15, 0.2) is 11.5 Å².